The van der Waals surface area contributed by atoms with Crippen LogP contribution < -0.4 is 15.4 Å². The summed E-state index contributed by atoms with van der Waals surface area (Å²) in [5.74, 6) is 0.826. The molecule has 1 rings (SSSR count). The summed E-state index contributed by atoms with van der Waals surface area (Å²) in [7, 11) is 0. The second-order valence-corrected chi connectivity index (χ2v) is 3.74. The monoisotopic (exact) mass is 236 g/mol. The highest BCUT2D eigenvalue weighted by atomic mass is 16.5. The normalized spacial score (nSPS) is 10.1. The number of ether oxygens (including phenoxy) is 1. The van der Waals surface area contributed by atoms with Gasteiger partial charge in [-0.2, -0.15) is 0 Å². The molecule has 94 valence electrons. The Morgan fingerprint density at radius 2 is 2.12 bits per heavy atom. The molecule has 0 spiro atoms. The predicted molar refractivity (Wildman–Crippen MR) is 69.5 cm³/mol. The molecule has 0 aromatic heterocycles. The number of rotatable bonds is 6. The zero-order valence-electron chi connectivity index (χ0n) is 10.7. The summed E-state index contributed by atoms with van der Waals surface area (Å²) >= 11 is 0. The maximum absolute atomic E-state index is 11.5. The van der Waals surface area contributed by atoms with Crippen LogP contribution in [0.25, 0.3) is 0 Å². The minimum absolute atomic E-state index is 0.0320. The molecule has 0 aliphatic heterocycles. The number of carbonyl (C=O) groups is 1. The van der Waals surface area contributed by atoms with Crippen molar-refractivity contribution < 1.29 is 9.53 Å². The fraction of sp³-hybridized carbons (Fsp3) is 0.462. The topological polar surface area (TPSA) is 50.4 Å². The number of hydrogen-bond acceptors (Lipinski definition) is 3. The second-order valence-electron chi connectivity index (χ2n) is 3.74. The first-order chi connectivity index (χ1) is 8.17. The standard InChI is InChI=1S/C13H20N2O2/c1-4-14-9-13(16)15-11-6-7-12(17-5-2)10(3)8-11/h6-8,14H,4-5,9H2,1-3H3,(H,15,16). The van der Waals surface area contributed by atoms with Crippen LogP contribution in [0.15, 0.2) is 18.2 Å². The number of nitrogens with one attached hydrogen (secondary N) is 2. The molecule has 0 aliphatic carbocycles. The maximum atomic E-state index is 11.5. The van der Waals surface area contributed by atoms with Gasteiger partial charge in [0.25, 0.3) is 0 Å². The molecule has 0 aliphatic rings. The lowest BCUT2D eigenvalue weighted by Crippen LogP contribution is -2.27. The molecule has 1 aromatic carbocycles. The van der Waals surface area contributed by atoms with Crippen LogP contribution >= 0.6 is 0 Å². The molecule has 4 heteroatoms. The van der Waals surface area contributed by atoms with E-state index in [0.717, 1.165) is 23.5 Å². The Morgan fingerprint density at radius 1 is 1.35 bits per heavy atom. The smallest absolute Gasteiger partial charge is 0.238 e. The van der Waals surface area contributed by atoms with E-state index < -0.39 is 0 Å². The average molecular weight is 236 g/mol. The Bertz CT molecular complexity index is 378. The molecule has 1 amide bonds. The van der Waals surface area contributed by atoms with Crippen molar-refractivity contribution in [2.24, 2.45) is 0 Å². The van der Waals surface area contributed by atoms with Crippen LogP contribution in [0.4, 0.5) is 5.69 Å². The number of carbonyl (C=O) groups excluding carboxylic acids is 1. The fourth-order valence-electron chi connectivity index (χ4n) is 1.49. The highest BCUT2D eigenvalue weighted by Gasteiger charge is 2.04. The molecule has 0 saturated heterocycles. The van der Waals surface area contributed by atoms with Gasteiger partial charge in [0.05, 0.1) is 13.2 Å². The van der Waals surface area contributed by atoms with Gasteiger partial charge in [0.1, 0.15) is 5.75 Å². The summed E-state index contributed by atoms with van der Waals surface area (Å²) in [6.45, 7) is 7.65. The van der Waals surface area contributed by atoms with Crippen molar-refractivity contribution >= 4 is 11.6 Å². The van der Waals surface area contributed by atoms with Crippen LogP contribution in [0.3, 0.4) is 0 Å². The number of amides is 1. The Morgan fingerprint density at radius 3 is 2.71 bits per heavy atom. The summed E-state index contributed by atoms with van der Waals surface area (Å²) in [5, 5.41) is 5.81. The van der Waals surface area contributed by atoms with Crippen molar-refractivity contribution in [3.8, 4) is 5.75 Å². The molecule has 0 atom stereocenters. The Balaban J connectivity index is 2.60. The van der Waals surface area contributed by atoms with Crippen molar-refractivity contribution in [1.82, 2.24) is 5.32 Å². The van der Waals surface area contributed by atoms with Gasteiger partial charge in [0.15, 0.2) is 0 Å². The maximum Gasteiger partial charge on any atom is 0.238 e. The minimum atomic E-state index is -0.0320. The minimum Gasteiger partial charge on any atom is -0.494 e. The summed E-state index contributed by atoms with van der Waals surface area (Å²) in [5.41, 5.74) is 1.82. The SMILES string of the molecule is CCNCC(=O)Nc1ccc(OCC)c(C)c1. The third kappa shape index (κ3) is 4.44. The van der Waals surface area contributed by atoms with Gasteiger partial charge < -0.3 is 15.4 Å². The van der Waals surface area contributed by atoms with E-state index in [2.05, 4.69) is 10.6 Å². The molecular formula is C13H20N2O2. The second kappa shape index (κ2) is 6.91. The van der Waals surface area contributed by atoms with Gasteiger partial charge in [-0.05, 0) is 44.2 Å². The van der Waals surface area contributed by atoms with Gasteiger partial charge in [0.2, 0.25) is 5.91 Å². The van der Waals surface area contributed by atoms with Gasteiger partial charge in [-0.15, -0.1) is 0 Å². The van der Waals surface area contributed by atoms with Crippen molar-refractivity contribution in [2.75, 3.05) is 25.0 Å². The fourth-order valence-corrected chi connectivity index (χ4v) is 1.49. The van der Waals surface area contributed by atoms with E-state index in [1.54, 1.807) is 0 Å². The third-order valence-corrected chi connectivity index (χ3v) is 2.29. The first-order valence-electron chi connectivity index (χ1n) is 5.91. The van der Waals surface area contributed by atoms with Gasteiger partial charge in [0, 0.05) is 5.69 Å². The molecule has 0 bridgehead atoms. The third-order valence-electron chi connectivity index (χ3n) is 2.29. The van der Waals surface area contributed by atoms with Gasteiger partial charge in [-0.3, -0.25) is 4.79 Å². The Kier molecular flexibility index (Phi) is 5.49. The molecule has 0 fully saturated rings. The molecular weight excluding hydrogens is 216 g/mol. The van der Waals surface area contributed by atoms with E-state index in [0.29, 0.717) is 13.2 Å². The lowest BCUT2D eigenvalue weighted by Gasteiger charge is -2.10. The van der Waals surface area contributed by atoms with Gasteiger partial charge >= 0.3 is 0 Å². The predicted octanol–water partition coefficient (Wildman–Crippen LogP) is 1.94. The van der Waals surface area contributed by atoms with Crippen LogP contribution in [0.5, 0.6) is 5.75 Å². The van der Waals surface area contributed by atoms with E-state index in [-0.39, 0.29) is 5.91 Å². The van der Waals surface area contributed by atoms with E-state index in [1.807, 2.05) is 39.0 Å². The highest BCUT2D eigenvalue weighted by molar-refractivity contribution is 5.92. The van der Waals surface area contributed by atoms with Crippen molar-refractivity contribution in [1.29, 1.82) is 0 Å². The first kappa shape index (κ1) is 13.5. The van der Waals surface area contributed by atoms with Crippen LogP contribution in [-0.2, 0) is 4.79 Å². The number of benzene rings is 1. The lowest BCUT2D eigenvalue weighted by atomic mass is 10.2. The summed E-state index contributed by atoms with van der Waals surface area (Å²) < 4.78 is 5.44. The Hall–Kier alpha value is -1.55. The van der Waals surface area contributed by atoms with Crippen LogP contribution in [0.2, 0.25) is 0 Å². The molecule has 0 heterocycles. The van der Waals surface area contributed by atoms with E-state index in [9.17, 15) is 4.79 Å². The molecule has 4 nitrogen and oxygen atoms in total. The van der Waals surface area contributed by atoms with Crippen LogP contribution in [0, 0.1) is 6.92 Å². The van der Waals surface area contributed by atoms with Crippen LogP contribution in [0.1, 0.15) is 19.4 Å². The number of anilines is 1. The van der Waals surface area contributed by atoms with E-state index >= 15 is 0 Å². The summed E-state index contributed by atoms with van der Waals surface area (Å²) in [6, 6.07) is 5.64. The van der Waals surface area contributed by atoms with Crippen molar-refractivity contribution in [2.45, 2.75) is 20.8 Å². The highest BCUT2D eigenvalue weighted by Crippen LogP contribution is 2.21. The summed E-state index contributed by atoms with van der Waals surface area (Å²) in [4.78, 5) is 11.5. The number of likely N-dealkylation sites (N-methyl/N-ethyl adjacent to an activating group) is 1. The molecule has 0 unspecified atom stereocenters. The number of hydrogen-bond donors (Lipinski definition) is 2. The summed E-state index contributed by atoms with van der Waals surface area (Å²) in [6.07, 6.45) is 0. The molecule has 1 aromatic rings. The first-order valence-corrected chi connectivity index (χ1v) is 5.91. The molecule has 0 radical (unpaired) electrons. The van der Waals surface area contributed by atoms with Gasteiger partial charge in [-0.1, -0.05) is 6.92 Å². The van der Waals surface area contributed by atoms with Crippen molar-refractivity contribution in [3.05, 3.63) is 23.8 Å². The Labute approximate surface area is 102 Å². The largest absolute Gasteiger partial charge is 0.494 e. The van der Waals surface area contributed by atoms with Crippen LogP contribution in [-0.4, -0.2) is 25.6 Å². The molecule has 17 heavy (non-hydrogen) atoms. The van der Waals surface area contributed by atoms with Crippen molar-refractivity contribution in [3.63, 3.8) is 0 Å². The average Bonchev–Trinajstić information content (AvgIpc) is 2.30. The molecule has 2 N–H and O–H groups in total. The lowest BCUT2D eigenvalue weighted by molar-refractivity contribution is -0.115. The zero-order valence-corrected chi connectivity index (χ0v) is 10.7. The van der Waals surface area contributed by atoms with Gasteiger partial charge in [-0.25, -0.2) is 0 Å². The zero-order chi connectivity index (χ0) is 12.7. The number of aryl methyl sites for hydroxylation is 1. The van der Waals surface area contributed by atoms with E-state index in [4.69, 9.17) is 4.74 Å². The quantitative estimate of drug-likeness (QED) is 0.793. The molecule has 0 saturated carbocycles. The van der Waals surface area contributed by atoms with E-state index in [1.165, 1.54) is 0 Å².